The van der Waals surface area contributed by atoms with Crippen LogP contribution < -0.4 is 5.73 Å². The fourth-order valence-corrected chi connectivity index (χ4v) is 1.85. The third kappa shape index (κ3) is 2.18. The van der Waals surface area contributed by atoms with Crippen molar-refractivity contribution in [3.63, 3.8) is 0 Å². The van der Waals surface area contributed by atoms with E-state index in [4.69, 9.17) is 5.73 Å². The number of carbonyl (C=O) groups excluding carboxylic acids is 1. The molecule has 2 N–H and O–H groups in total. The minimum absolute atomic E-state index is 0.0693. The third-order valence-corrected chi connectivity index (χ3v) is 2.82. The molecular weight excluding hydrogens is 264 g/mol. The van der Waals surface area contributed by atoms with E-state index in [1.165, 1.54) is 36.1 Å². The zero-order chi connectivity index (χ0) is 14.9. The van der Waals surface area contributed by atoms with Crippen molar-refractivity contribution in [2.45, 2.75) is 0 Å². The van der Waals surface area contributed by atoms with Crippen LogP contribution in [0.5, 0.6) is 0 Å². The van der Waals surface area contributed by atoms with E-state index < -0.39 is 10.9 Å². The second-order valence-corrected chi connectivity index (χ2v) is 4.03. The van der Waals surface area contributed by atoms with Crippen molar-refractivity contribution >= 4 is 17.5 Å². The number of nitro groups is 1. The van der Waals surface area contributed by atoms with Crippen LogP contribution >= 0.6 is 0 Å². The average Bonchev–Trinajstić information content (AvgIpc) is 2.76. The molecule has 2 rings (SSSR count). The highest BCUT2D eigenvalue weighted by molar-refractivity contribution is 5.99. The van der Waals surface area contributed by atoms with Crippen LogP contribution in [-0.4, -0.2) is 27.8 Å². The maximum atomic E-state index is 11.8. The first-order valence-electron chi connectivity index (χ1n) is 5.61. The first kappa shape index (κ1) is 13.5. The van der Waals surface area contributed by atoms with E-state index in [0.29, 0.717) is 5.82 Å². The number of carbonyl (C=O) groups is 1. The van der Waals surface area contributed by atoms with Crippen molar-refractivity contribution in [2.24, 2.45) is 7.05 Å². The van der Waals surface area contributed by atoms with Crippen molar-refractivity contribution in [1.29, 1.82) is 0 Å². The summed E-state index contributed by atoms with van der Waals surface area (Å²) in [6.07, 6.45) is 0. The molecule has 104 valence electrons. The normalized spacial score (nSPS) is 10.3. The smallest absolute Gasteiger partial charge is 0.338 e. The molecule has 0 fully saturated rings. The topological polar surface area (TPSA) is 113 Å². The van der Waals surface area contributed by atoms with Gasteiger partial charge in [0.2, 0.25) is 0 Å². The number of aryl methyl sites for hydroxylation is 1. The molecule has 0 aliphatic carbocycles. The number of nitro benzene ring substituents is 1. The molecule has 8 heteroatoms. The van der Waals surface area contributed by atoms with E-state index in [1.807, 2.05) is 0 Å². The zero-order valence-electron chi connectivity index (χ0n) is 10.9. The molecular formula is C12H12N4O4. The van der Waals surface area contributed by atoms with Crippen molar-refractivity contribution < 1.29 is 14.5 Å². The Bertz CT molecular complexity index is 673. The molecule has 0 amide bonds. The van der Waals surface area contributed by atoms with Gasteiger partial charge >= 0.3 is 5.97 Å². The number of esters is 1. The van der Waals surface area contributed by atoms with Gasteiger partial charge in [-0.2, -0.15) is 5.10 Å². The predicted octanol–water partition coefficient (Wildman–Crippen LogP) is 1.36. The van der Waals surface area contributed by atoms with Gasteiger partial charge in [0.1, 0.15) is 11.5 Å². The Morgan fingerprint density at radius 3 is 2.70 bits per heavy atom. The molecule has 1 aromatic heterocycles. The highest BCUT2D eigenvalue weighted by Gasteiger charge is 2.25. The van der Waals surface area contributed by atoms with Gasteiger partial charge in [0.15, 0.2) is 0 Å². The number of aromatic nitrogens is 2. The molecule has 0 aliphatic heterocycles. The van der Waals surface area contributed by atoms with E-state index in [0.717, 1.165) is 0 Å². The van der Waals surface area contributed by atoms with Gasteiger partial charge in [0.25, 0.3) is 5.69 Å². The van der Waals surface area contributed by atoms with Gasteiger partial charge in [-0.1, -0.05) is 6.07 Å². The molecule has 0 aliphatic rings. The monoisotopic (exact) mass is 276 g/mol. The average molecular weight is 276 g/mol. The van der Waals surface area contributed by atoms with Gasteiger partial charge in [-0.3, -0.25) is 14.8 Å². The Morgan fingerprint density at radius 2 is 2.20 bits per heavy atom. The molecule has 0 atom stereocenters. The summed E-state index contributed by atoms with van der Waals surface area (Å²) in [6, 6.07) is 5.63. The highest BCUT2D eigenvalue weighted by Crippen LogP contribution is 2.33. The van der Waals surface area contributed by atoms with Gasteiger partial charge in [0.05, 0.1) is 23.2 Å². The van der Waals surface area contributed by atoms with Crippen molar-refractivity contribution in [3.8, 4) is 11.3 Å². The summed E-state index contributed by atoms with van der Waals surface area (Å²) in [4.78, 5) is 22.3. The molecule has 2 aromatic rings. The molecule has 20 heavy (non-hydrogen) atoms. The molecule has 0 unspecified atom stereocenters. The summed E-state index contributed by atoms with van der Waals surface area (Å²) in [5.41, 5.74) is 5.86. The van der Waals surface area contributed by atoms with E-state index in [-0.39, 0.29) is 22.5 Å². The second-order valence-electron chi connectivity index (χ2n) is 4.03. The van der Waals surface area contributed by atoms with Crippen LogP contribution in [0.2, 0.25) is 0 Å². The Hall–Kier alpha value is -2.90. The number of nitrogen functional groups attached to an aromatic ring is 1. The Kier molecular flexibility index (Phi) is 3.38. The maximum Gasteiger partial charge on any atom is 0.338 e. The second kappa shape index (κ2) is 5.00. The molecule has 0 saturated heterocycles. The largest absolute Gasteiger partial charge is 0.465 e. The summed E-state index contributed by atoms with van der Waals surface area (Å²) in [6.45, 7) is 0. The SMILES string of the molecule is COC(=O)c1cccc([N+](=O)[O-])c1-c1cc(N)n(C)n1. The van der Waals surface area contributed by atoms with Crippen LogP contribution in [0.1, 0.15) is 10.4 Å². The number of rotatable bonds is 3. The number of hydrogen-bond acceptors (Lipinski definition) is 6. The third-order valence-electron chi connectivity index (χ3n) is 2.82. The maximum absolute atomic E-state index is 11.8. The first-order chi connectivity index (χ1) is 9.45. The van der Waals surface area contributed by atoms with Crippen LogP contribution in [-0.2, 0) is 11.8 Å². The Morgan fingerprint density at radius 1 is 1.50 bits per heavy atom. The Labute approximate surface area is 113 Å². The molecule has 8 nitrogen and oxygen atoms in total. The Balaban J connectivity index is 2.76. The minimum atomic E-state index is -0.673. The van der Waals surface area contributed by atoms with Crippen LogP contribution in [0, 0.1) is 10.1 Å². The van der Waals surface area contributed by atoms with Crippen LogP contribution in [0.4, 0.5) is 11.5 Å². The lowest BCUT2D eigenvalue weighted by Crippen LogP contribution is -2.06. The van der Waals surface area contributed by atoms with Gasteiger partial charge in [-0.05, 0) is 6.07 Å². The van der Waals surface area contributed by atoms with Crippen molar-refractivity contribution in [2.75, 3.05) is 12.8 Å². The van der Waals surface area contributed by atoms with Crippen LogP contribution in [0.15, 0.2) is 24.3 Å². The summed E-state index contributed by atoms with van der Waals surface area (Å²) in [5, 5.41) is 15.2. The molecule has 0 bridgehead atoms. The van der Waals surface area contributed by atoms with Crippen molar-refractivity contribution in [3.05, 3.63) is 39.9 Å². The number of methoxy groups -OCH3 is 1. The number of nitrogens with two attached hydrogens (primary N) is 1. The van der Waals surface area contributed by atoms with Gasteiger partial charge < -0.3 is 10.5 Å². The zero-order valence-corrected chi connectivity index (χ0v) is 10.9. The quantitative estimate of drug-likeness (QED) is 0.514. The summed E-state index contributed by atoms with van der Waals surface area (Å²) in [5.74, 6) is -0.345. The van der Waals surface area contributed by atoms with Gasteiger partial charge in [0, 0.05) is 19.2 Å². The van der Waals surface area contributed by atoms with E-state index in [9.17, 15) is 14.9 Å². The first-order valence-corrected chi connectivity index (χ1v) is 5.61. The summed E-state index contributed by atoms with van der Waals surface area (Å²) in [7, 11) is 2.81. The fraction of sp³-hybridized carbons (Fsp3) is 0.167. The predicted molar refractivity (Wildman–Crippen MR) is 71.1 cm³/mol. The molecule has 0 saturated carbocycles. The van der Waals surface area contributed by atoms with Gasteiger partial charge in [-0.15, -0.1) is 0 Å². The fourth-order valence-electron chi connectivity index (χ4n) is 1.85. The number of nitrogens with zero attached hydrogens (tertiary/aromatic N) is 3. The lowest BCUT2D eigenvalue weighted by molar-refractivity contribution is -0.384. The minimum Gasteiger partial charge on any atom is -0.465 e. The number of ether oxygens (including phenoxy) is 1. The van der Waals surface area contributed by atoms with Crippen molar-refractivity contribution in [1.82, 2.24) is 9.78 Å². The molecule has 1 aromatic carbocycles. The highest BCUT2D eigenvalue weighted by atomic mass is 16.6. The lowest BCUT2D eigenvalue weighted by Gasteiger charge is -2.06. The van der Waals surface area contributed by atoms with E-state index in [2.05, 4.69) is 9.84 Å². The molecule has 0 spiro atoms. The van der Waals surface area contributed by atoms with Crippen LogP contribution in [0.3, 0.4) is 0 Å². The summed E-state index contributed by atoms with van der Waals surface area (Å²) < 4.78 is 6.01. The number of hydrogen-bond donors (Lipinski definition) is 1. The molecule has 0 radical (unpaired) electrons. The van der Waals surface area contributed by atoms with E-state index >= 15 is 0 Å². The van der Waals surface area contributed by atoms with Crippen LogP contribution in [0.25, 0.3) is 11.3 Å². The summed E-state index contributed by atoms with van der Waals surface area (Å²) >= 11 is 0. The van der Waals surface area contributed by atoms with Gasteiger partial charge in [-0.25, -0.2) is 4.79 Å². The standard InChI is InChI=1S/C12H12N4O4/c1-15-10(13)6-8(14-15)11-7(12(17)20-2)4-3-5-9(11)16(18)19/h3-6H,13H2,1-2H3. The molecule has 1 heterocycles. The number of anilines is 1. The number of benzene rings is 1. The van der Waals surface area contributed by atoms with E-state index in [1.54, 1.807) is 7.05 Å². The lowest BCUT2D eigenvalue weighted by atomic mass is 10.0.